The van der Waals surface area contributed by atoms with Crippen molar-refractivity contribution < 1.29 is 10.1 Å². The van der Waals surface area contributed by atoms with Gasteiger partial charge in [-0.25, -0.2) is 0 Å². The molecule has 0 heterocycles. The summed E-state index contributed by atoms with van der Waals surface area (Å²) in [5, 5.41) is 5.22. The molecular weight excluding hydrogens is 296 g/mol. The Bertz CT molecular complexity index is 647. The van der Waals surface area contributed by atoms with E-state index in [4.69, 9.17) is 0 Å². The molecule has 0 radical (unpaired) electrons. The van der Waals surface area contributed by atoms with E-state index in [-0.39, 0.29) is 17.5 Å². The molecule has 1 atom stereocenters. The van der Waals surface area contributed by atoms with Gasteiger partial charge < -0.3 is 10.6 Å². The van der Waals surface area contributed by atoms with Crippen molar-refractivity contribution in [3.8, 4) is 0 Å². The standard InChI is InChI=1S/C21H28N2O/c1-5-21(3,4)23-19(24)15-22-20(17-9-7-6-8-10-17)18-13-11-16(2)12-14-18/h6-14,20,22H,5,15H2,1-4H3,(H,23,24)/p+1/t20-/m0/s1. The van der Waals surface area contributed by atoms with Crippen LogP contribution in [-0.4, -0.2) is 18.0 Å². The first kappa shape index (κ1) is 18.2. The average molecular weight is 325 g/mol. The van der Waals surface area contributed by atoms with Gasteiger partial charge >= 0.3 is 0 Å². The smallest absolute Gasteiger partial charge is 0.275 e. The molecule has 128 valence electrons. The Morgan fingerprint density at radius 3 is 2.21 bits per heavy atom. The summed E-state index contributed by atoms with van der Waals surface area (Å²) in [4.78, 5) is 12.3. The predicted molar refractivity (Wildman–Crippen MR) is 98.8 cm³/mol. The highest BCUT2D eigenvalue weighted by atomic mass is 16.2. The Morgan fingerprint density at radius 1 is 1.04 bits per heavy atom. The molecule has 1 amide bonds. The van der Waals surface area contributed by atoms with Crippen molar-refractivity contribution in [1.82, 2.24) is 5.32 Å². The van der Waals surface area contributed by atoms with Crippen LogP contribution in [0, 0.1) is 6.92 Å². The molecule has 3 nitrogen and oxygen atoms in total. The number of hydrogen-bond donors (Lipinski definition) is 2. The molecule has 0 saturated heterocycles. The lowest BCUT2D eigenvalue weighted by Gasteiger charge is -2.24. The molecule has 3 heteroatoms. The van der Waals surface area contributed by atoms with Gasteiger partial charge in [0.05, 0.1) is 0 Å². The van der Waals surface area contributed by atoms with Gasteiger partial charge in [0.25, 0.3) is 5.91 Å². The highest BCUT2D eigenvalue weighted by Gasteiger charge is 2.22. The maximum absolute atomic E-state index is 12.3. The first-order chi connectivity index (χ1) is 11.4. The van der Waals surface area contributed by atoms with E-state index in [9.17, 15) is 4.79 Å². The van der Waals surface area contributed by atoms with Crippen LogP contribution in [0.2, 0.25) is 0 Å². The van der Waals surface area contributed by atoms with Gasteiger partial charge in [0.2, 0.25) is 0 Å². The van der Waals surface area contributed by atoms with E-state index in [0.717, 1.165) is 6.42 Å². The van der Waals surface area contributed by atoms with Crippen molar-refractivity contribution in [3.05, 3.63) is 71.3 Å². The number of nitrogens with one attached hydrogen (secondary N) is 1. The molecule has 0 bridgehead atoms. The summed E-state index contributed by atoms with van der Waals surface area (Å²) >= 11 is 0. The third-order valence-corrected chi connectivity index (χ3v) is 4.50. The molecule has 0 aromatic heterocycles. The molecule has 0 spiro atoms. The number of hydrogen-bond acceptors (Lipinski definition) is 1. The summed E-state index contributed by atoms with van der Waals surface area (Å²) in [5.74, 6) is 0.0786. The van der Waals surface area contributed by atoms with Crippen molar-refractivity contribution in [2.24, 2.45) is 0 Å². The number of quaternary nitrogens is 1. The number of amides is 1. The fourth-order valence-electron chi connectivity index (χ4n) is 2.64. The van der Waals surface area contributed by atoms with Gasteiger partial charge in [-0.1, -0.05) is 67.1 Å². The summed E-state index contributed by atoms with van der Waals surface area (Å²) in [6.07, 6.45) is 0.915. The minimum Gasteiger partial charge on any atom is -0.346 e. The van der Waals surface area contributed by atoms with E-state index in [1.807, 2.05) is 18.2 Å². The number of benzene rings is 2. The van der Waals surface area contributed by atoms with Crippen LogP contribution in [0.1, 0.15) is 49.9 Å². The second-order valence-electron chi connectivity index (χ2n) is 7.02. The summed E-state index contributed by atoms with van der Waals surface area (Å²) < 4.78 is 0. The molecule has 2 aromatic rings. The molecule has 0 aliphatic carbocycles. The summed E-state index contributed by atoms with van der Waals surface area (Å²) in [5.41, 5.74) is 3.52. The van der Waals surface area contributed by atoms with Crippen molar-refractivity contribution in [2.75, 3.05) is 6.54 Å². The van der Waals surface area contributed by atoms with Crippen LogP contribution >= 0.6 is 0 Å². The molecular formula is C21H29N2O+. The van der Waals surface area contributed by atoms with Gasteiger partial charge in [-0.2, -0.15) is 0 Å². The zero-order valence-corrected chi connectivity index (χ0v) is 15.2. The van der Waals surface area contributed by atoms with Gasteiger partial charge in [0, 0.05) is 16.7 Å². The molecule has 0 saturated carbocycles. The lowest BCUT2D eigenvalue weighted by atomic mass is 9.97. The quantitative estimate of drug-likeness (QED) is 0.808. The third-order valence-electron chi connectivity index (χ3n) is 4.50. The molecule has 3 N–H and O–H groups in total. The van der Waals surface area contributed by atoms with Crippen molar-refractivity contribution >= 4 is 5.91 Å². The minimum absolute atomic E-state index is 0.0786. The Hall–Kier alpha value is -2.13. The minimum atomic E-state index is -0.156. The summed E-state index contributed by atoms with van der Waals surface area (Å²) in [7, 11) is 0. The van der Waals surface area contributed by atoms with Crippen LogP contribution in [0.4, 0.5) is 0 Å². The Balaban J connectivity index is 2.13. The van der Waals surface area contributed by atoms with E-state index in [1.54, 1.807) is 0 Å². The van der Waals surface area contributed by atoms with E-state index < -0.39 is 0 Å². The number of carbonyl (C=O) groups excluding carboxylic acids is 1. The fourth-order valence-corrected chi connectivity index (χ4v) is 2.64. The number of carbonyl (C=O) groups is 1. The SMILES string of the molecule is CCC(C)(C)NC(=O)C[NH2+][C@@H](c1ccccc1)c1ccc(C)cc1. The largest absolute Gasteiger partial charge is 0.346 e. The average Bonchev–Trinajstić information content (AvgIpc) is 2.57. The molecule has 0 unspecified atom stereocenters. The number of nitrogens with two attached hydrogens (primary N) is 1. The van der Waals surface area contributed by atoms with Gasteiger partial charge in [-0.15, -0.1) is 0 Å². The number of rotatable bonds is 7. The Morgan fingerprint density at radius 2 is 1.62 bits per heavy atom. The van der Waals surface area contributed by atoms with E-state index >= 15 is 0 Å². The highest BCUT2D eigenvalue weighted by Crippen LogP contribution is 2.18. The monoisotopic (exact) mass is 325 g/mol. The van der Waals surface area contributed by atoms with Gasteiger partial charge in [-0.3, -0.25) is 4.79 Å². The van der Waals surface area contributed by atoms with Crippen LogP contribution in [0.5, 0.6) is 0 Å². The second kappa shape index (κ2) is 8.11. The zero-order chi connectivity index (χ0) is 17.6. The molecule has 0 aliphatic rings. The van der Waals surface area contributed by atoms with Gasteiger partial charge in [0.15, 0.2) is 6.54 Å². The number of aryl methyl sites for hydroxylation is 1. The van der Waals surface area contributed by atoms with Crippen molar-refractivity contribution in [1.29, 1.82) is 0 Å². The van der Waals surface area contributed by atoms with Crippen LogP contribution < -0.4 is 10.6 Å². The normalized spacial score (nSPS) is 12.7. The maximum Gasteiger partial charge on any atom is 0.275 e. The molecule has 0 fully saturated rings. The molecule has 2 rings (SSSR count). The predicted octanol–water partition coefficient (Wildman–Crippen LogP) is 2.95. The zero-order valence-electron chi connectivity index (χ0n) is 15.2. The summed E-state index contributed by atoms with van der Waals surface area (Å²) in [6.45, 7) is 8.70. The third kappa shape index (κ3) is 5.20. The van der Waals surface area contributed by atoms with Gasteiger partial charge in [-0.05, 0) is 27.2 Å². The van der Waals surface area contributed by atoms with Crippen molar-refractivity contribution in [3.63, 3.8) is 0 Å². The first-order valence-corrected chi connectivity index (χ1v) is 8.67. The lowest BCUT2D eigenvalue weighted by molar-refractivity contribution is -0.676. The molecule has 24 heavy (non-hydrogen) atoms. The lowest BCUT2D eigenvalue weighted by Crippen LogP contribution is -2.88. The first-order valence-electron chi connectivity index (χ1n) is 8.67. The maximum atomic E-state index is 12.3. The van der Waals surface area contributed by atoms with E-state index in [1.165, 1.54) is 16.7 Å². The fraction of sp³-hybridized carbons (Fsp3) is 0.381. The van der Waals surface area contributed by atoms with E-state index in [2.05, 4.69) is 74.7 Å². The Labute approximate surface area is 145 Å². The van der Waals surface area contributed by atoms with Crippen molar-refractivity contribution in [2.45, 2.75) is 45.7 Å². The highest BCUT2D eigenvalue weighted by molar-refractivity contribution is 5.77. The molecule has 0 aliphatic heterocycles. The van der Waals surface area contributed by atoms with Gasteiger partial charge in [0.1, 0.15) is 6.04 Å². The van der Waals surface area contributed by atoms with Crippen LogP contribution in [0.3, 0.4) is 0 Å². The van der Waals surface area contributed by atoms with Crippen LogP contribution in [-0.2, 0) is 4.79 Å². The summed E-state index contributed by atoms with van der Waals surface area (Å²) in [6, 6.07) is 19.0. The second-order valence-corrected chi connectivity index (χ2v) is 7.02. The Kier molecular flexibility index (Phi) is 6.16. The topological polar surface area (TPSA) is 45.7 Å². The van der Waals surface area contributed by atoms with Crippen LogP contribution in [0.25, 0.3) is 0 Å². The van der Waals surface area contributed by atoms with E-state index in [0.29, 0.717) is 6.54 Å². The molecule has 2 aromatic carbocycles. The van der Waals surface area contributed by atoms with Crippen LogP contribution in [0.15, 0.2) is 54.6 Å².